The van der Waals surface area contributed by atoms with Crippen molar-refractivity contribution < 1.29 is 17.9 Å². The second-order valence-corrected chi connectivity index (χ2v) is 5.30. The van der Waals surface area contributed by atoms with Crippen LogP contribution in [0.25, 0.3) is 0 Å². The molecular formula is C13H17F3N2O. The molecule has 19 heavy (non-hydrogen) atoms. The minimum Gasteiger partial charge on any atom is -0.397 e. The number of nitrogens with zero attached hydrogens (tertiary/aromatic N) is 1. The Morgan fingerprint density at radius 2 is 2.00 bits per heavy atom. The lowest BCUT2D eigenvalue weighted by atomic mass is 10.1. The number of benzene rings is 1. The minimum absolute atomic E-state index is 0.146. The van der Waals surface area contributed by atoms with Crippen molar-refractivity contribution in [3.63, 3.8) is 0 Å². The summed E-state index contributed by atoms with van der Waals surface area (Å²) in [6, 6.07) is 3.48. The monoisotopic (exact) mass is 274 g/mol. The predicted molar refractivity (Wildman–Crippen MR) is 68.1 cm³/mol. The van der Waals surface area contributed by atoms with E-state index in [9.17, 15) is 13.2 Å². The van der Waals surface area contributed by atoms with E-state index in [0.717, 1.165) is 12.1 Å². The van der Waals surface area contributed by atoms with E-state index < -0.39 is 11.7 Å². The Morgan fingerprint density at radius 3 is 2.53 bits per heavy atom. The third-order valence-electron chi connectivity index (χ3n) is 3.12. The topological polar surface area (TPSA) is 38.5 Å². The van der Waals surface area contributed by atoms with Gasteiger partial charge in [0, 0.05) is 13.1 Å². The average molecular weight is 274 g/mol. The number of morpholine rings is 1. The number of anilines is 2. The lowest BCUT2D eigenvalue weighted by Gasteiger charge is -2.40. The number of ether oxygens (including phenoxy) is 1. The van der Waals surface area contributed by atoms with Crippen molar-refractivity contribution in [2.45, 2.75) is 25.6 Å². The second-order valence-electron chi connectivity index (χ2n) is 5.30. The number of nitrogens with two attached hydrogens (primary N) is 1. The molecule has 0 aliphatic carbocycles. The molecule has 0 aromatic heterocycles. The smallest absolute Gasteiger partial charge is 0.397 e. The van der Waals surface area contributed by atoms with Gasteiger partial charge in [-0.05, 0) is 32.0 Å². The summed E-state index contributed by atoms with van der Waals surface area (Å²) in [7, 11) is 0. The Hall–Kier alpha value is -1.43. The van der Waals surface area contributed by atoms with Gasteiger partial charge in [-0.1, -0.05) is 0 Å². The first kappa shape index (κ1) is 14.0. The SMILES string of the molecule is CC1(C)CN(c2ccc(C(F)(F)F)cc2N)CCO1. The number of halogens is 3. The standard InChI is InChI=1S/C13H17F3N2O/c1-12(2)8-18(5-6-19-12)11-4-3-9(7-10(11)17)13(14,15)16/h3-4,7H,5-6,8,17H2,1-2H3. The van der Waals surface area contributed by atoms with Crippen LogP contribution < -0.4 is 10.6 Å². The van der Waals surface area contributed by atoms with Crippen molar-refractivity contribution in [2.75, 3.05) is 30.3 Å². The maximum absolute atomic E-state index is 12.6. The zero-order valence-corrected chi connectivity index (χ0v) is 10.9. The molecule has 0 radical (unpaired) electrons. The lowest BCUT2D eigenvalue weighted by Crippen LogP contribution is -2.48. The molecule has 2 N–H and O–H groups in total. The first-order valence-corrected chi connectivity index (χ1v) is 6.05. The highest BCUT2D eigenvalue weighted by molar-refractivity contribution is 5.69. The van der Waals surface area contributed by atoms with Gasteiger partial charge < -0.3 is 15.4 Å². The molecule has 6 heteroatoms. The molecule has 1 aliphatic rings. The van der Waals surface area contributed by atoms with Crippen LogP contribution in [0.1, 0.15) is 19.4 Å². The maximum Gasteiger partial charge on any atom is 0.416 e. The van der Waals surface area contributed by atoms with E-state index in [-0.39, 0.29) is 11.3 Å². The van der Waals surface area contributed by atoms with E-state index in [1.54, 1.807) is 0 Å². The van der Waals surface area contributed by atoms with Crippen molar-refractivity contribution in [2.24, 2.45) is 0 Å². The zero-order valence-electron chi connectivity index (χ0n) is 10.9. The fraction of sp³-hybridized carbons (Fsp3) is 0.538. The maximum atomic E-state index is 12.6. The number of alkyl halides is 3. The molecule has 3 nitrogen and oxygen atoms in total. The van der Waals surface area contributed by atoms with E-state index >= 15 is 0 Å². The average Bonchev–Trinajstić information content (AvgIpc) is 2.26. The van der Waals surface area contributed by atoms with Crippen molar-refractivity contribution in [1.29, 1.82) is 0 Å². The summed E-state index contributed by atoms with van der Waals surface area (Å²) in [5.41, 5.74) is 5.48. The summed E-state index contributed by atoms with van der Waals surface area (Å²) < 4.78 is 43.3. The Labute approximate surface area is 110 Å². The summed E-state index contributed by atoms with van der Waals surface area (Å²) in [5, 5.41) is 0. The highest BCUT2D eigenvalue weighted by atomic mass is 19.4. The molecule has 0 amide bonds. The Balaban J connectivity index is 2.26. The van der Waals surface area contributed by atoms with E-state index in [1.807, 2.05) is 18.7 Å². The van der Waals surface area contributed by atoms with Gasteiger partial charge in [-0.15, -0.1) is 0 Å². The molecule has 1 saturated heterocycles. The molecule has 0 saturated carbocycles. The number of hydrogen-bond acceptors (Lipinski definition) is 3. The zero-order chi connectivity index (χ0) is 14.3. The van der Waals surface area contributed by atoms with Gasteiger partial charge >= 0.3 is 6.18 Å². The first-order chi connectivity index (χ1) is 8.69. The van der Waals surface area contributed by atoms with E-state index in [0.29, 0.717) is 25.4 Å². The van der Waals surface area contributed by atoms with Crippen molar-refractivity contribution in [3.8, 4) is 0 Å². The highest BCUT2D eigenvalue weighted by Crippen LogP contribution is 2.35. The van der Waals surface area contributed by atoms with Gasteiger partial charge in [-0.2, -0.15) is 13.2 Å². The van der Waals surface area contributed by atoms with Crippen LogP contribution in [0.4, 0.5) is 24.5 Å². The predicted octanol–water partition coefficient (Wildman–Crippen LogP) is 2.90. The van der Waals surface area contributed by atoms with E-state index in [2.05, 4.69) is 0 Å². The van der Waals surface area contributed by atoms with Crippen LogP contribution in [-0.4, -0.2) is 25.3 Å². The molecule has 1 aromatic rings. The van der Waals surface area contributed by atoms with Gasteiger partial charge in [-0.25, -0.2) is 0 Å². The second kappa shape index (κ2) is 4.59. The molecule has 1 aromatic carbocycles. The van der Waals surface area contributed by atoms with Crippen LogP contribution in [0, 0.1) is 0 Å². The largest absolute Gasteiger partial charge is 0.416 e. The number of hydrogen-bond donors (Lipinski definition) is 1. The van der Waals surface area contributed by atoms with E-state index in [1.165, 1.54) is 6.07 Å². The Morgan fingerprint density at radius 1 is 1.32 bits per heavy atom. The number of nitrogen functional groups attached to an aromatic ring is 1. The summed E-state index contributed by atoms with van der Waals surface area (Å²) in [6.07, 6.45) is -4.36. The molecule has 2 rings (SSSR count). The van der Waals surface area contributed by atoms with Gasteiger partial charge in [0.2, 0.25) is 0 Å². The highest BCUT2D eigenvalue weighted by Gasteiger charge is 2.32. The first-order valence-electron chi connectivity index (χ1n) is 6.05. The molecule has 0 atom stereocenters. The van der Waals surface area contributed by atoms with Gasteiger partial charge in [0.1, 0.15) is 0 Å². The quantitative estimate of drug-likeness (QED) is 0.800. The summed E-state index contributed by atoms with van der Waals surface area (Å²) in [5.74, 6) is 0. The van der Waals surface area contributed by atoms with Gasteiger partial charge in [0.25, 0.3) is 0 Å². The van der Waals surface area contributed by atoms with Gasteiger partial charge in [0.05, 0.1) is 29.1 Å². The van der Waals surface area contributed by atoms with Crippen LogP contribution in [0.3, 0.4) is 0 Å². The van der Waals surface area contributed by atoms with Crippen LogP contribution in [0.15, 0.2) is 18.2 Å². The number of rotatable bonds is 1. The van der Waals surface area contributed by atoms with Gasteiger partial charge in [-0.3, -0.25) is 0 Å². The van der Waals surface area contributed by atoms with Crippen LogP contribution in [0.2, 0.25) is 0 Å². The minimum atomic E-state index is -4.36. The summed E-state index contributed by atoms with van der Waals surface area (Å²) in [4.78, 5) is 1.96. The van der Waals surface area contributed by atoms with Crippen LogP contribution >= 0.6 is 0 Å². The van der Waals surface area contributed by atoms with Crippen LogP contribution in [-0.2, 0) is 10.9 Å². The summed E-state index contributed by atoms with van der Waals surface area (Å²) >= 11 is 0. The van der Waals surface area contributed by atoms with Crippen LogP contribution in [0.5, 0.6) is 0 Å². The molecule has 0 bridgehead atoms. The Kier molecular flexibility index (Phi) is 3.38. The molecule has 1 fully saturated rings. The van der Waals surface area contributed by atoms with Gasteiger partial charge in [0.15, 0.2) is 0 Å². The molecule has 0 spiro atoms. The third-order valence-corrected chi connectivity index (χ3v) is 3.12. The van der Waals surface area contributed by atoms with Crippen molar-refractivity contribution in [1.82, 2.24) is 0 Å². The molecular weight excluding hydrogens is 257 g/mol. The molecule has 0 unspecified atom stereocenters. The molecule has 1 heterocycles. The van der Waals surface area contributed by atoms with E-state index in [4.69, 9.17) is 10.5 Å². The van der Waals surface area contributed by atoms with Crippen molar-refractivity contribution in [3.05, 3.63) is 23.8 Å². The Bertz CT molecular complexity index is 471. The fourth-order valence-corrected chi connectivity index (χ4v) is 2.24. The normalized spacial score (nSPS) is 19.5. The molecule has 1 aliphatic heterocycles. The van der Waals surface area contributed by atoms with Crippen molar-refractivity contribution >= 4 is 11.4 Å². The fourth-order valence-electron chi connectivity index (χ4n) is 2.24. The lowest BCUT2D eigenvalue weighted by molar-refractivity contribution is -0.137. The molecule has 106 valence electrons. The summed E-state index contributed by atoms with van der Waals surface area (Å²) in [6.45, 7) is 5.65. The third kappa shape index (κ3) is 3.12.